The monoisotopic (exact) mass is 1270 g/mol. The molecule has 4 aliphatic rings. The highest BCUT2D eigenvalue weighted by atomic mass is 19.4. The summed E-state index contributed by atoms with van der Waals surface area (Å²) in [5, 5.41) is 11.4. The van der Waals surface area contributed by atoms with E-state index in [2.05, 4.69) is 21.3 Å². The first-order chi connectivity index (χ1) is 42.1. The lowest BCUT2D eigenvalue weighted by molar-refractivity contribution is -0.149. The molecule has 22 nitrogen and oxygen atoms in total. The topological polar surface area (TPSA) is 259 Å². The number of halogens is 4. The summed E-state index contributed by atoms with van der Waals surface area (Å²) in [7, 11) is 8.46. The molecule has 8 atom stereocenters. The molecule has 2 heterocycles. The Morgan fingerprint density at radius 1 is 0.644 bits per heavy atom. The molecule has 2 aliphatic heterocycles. The minimum absolute atomic E-state index is 0.0166. The molecule has 0 bridgehead atoms. The molecular formula is C64H99F4N11O11. The SMILES string of the molecule is CC[C@H](C)[C@@H]1NC(=O)[C@H](CC(C)C)N(C)C(=O)C[C@@H](C)NC(=O)[C@H](C(C)C)N(C)C(=O)C2(CCCC2)NC(=O)C2CCCN2C(=O)[C@H](CCc2ccc(C(F)(F)F)c(F)c2)NC(=O)CN(C)C(=O)[C@H](CC2CCCCC2)N(C)C(=O)CN(C)C(=O)CN(C)C1=O. The van der Waals surface area contributed by atoms with Crippen LogP contribution in [0.15, 0.2) is 18.2 Å². The van der Waals surface area contributed by atoms with E-state index in [0.29, 0.717) is 37.8 Å². The quantitative estimate of drug-likeness (QED) is 0.235. The zero-order valence-corrected chi connectivity index (χ0v) is 55.1. The molecule has 4 fully saturated rings. The summed E-state index contributed by atoms with van der Waals surface area (Å²) < 4.78 is 55.7. The van der Waals surface area contributed by atoms with Crippen molar-refractivity contribution in [1.82, 2.24) is 55.6 Å². The van der Waals surface area contributed by atoms with E-state index in [4.69, 9.17) is 0 Å². The summed E-state index contributed by atoms with van der Waals surface area (Å²) in [5.41, 5.74) is -2.95. The number of alkyl halides is 3. The van der Waals surface area contributed by atoms with Crippen LogP contribution in [0.25, 0.3) is 0 Å². The van der Waals surface area contributed by atoms with Crippen molar-refractivity contribution >= 4 is 65.0 Å². The molecule has 2 saturated carbocycles. The van der Waals surface area contributed by atoms with E-state index >= 15 is 0 Å². The Balaban J connectivity index is 1.54. The molecule has 0 aromatic heterocycles. The number of benzene rings is 1. The van der Waals surface area contributed by atoms with Crippen molar-refractivity contribution in [3.63, 3.8) is 0 Å². The number of rotatable bonds is 10. The van der Waals surface area contributed by atoms with Crippen molar-refractivity contribution in [1.29, 1.82) is 0 Å². The van der Waals surface area contributed by atoms with Crippen molar-refractivity contribution in [2.24, 2.45) is 23.7 Å². The second-order valence-electron chi connectivity index (χ2n) is 26.6. The van der Waals surface area contributed by atoms with Crippen LogP contribution in [0.4, 0.5) is 17.6 Å². The summed E-state index contributed by atoms with van der Waals surface area (Å²) in [5.74, 6) is -9.65. The highest BCUT2D eigenvalue weighted by Crippen LogP contribution is 2.35. The second-order valence-corrected chi connectivity index (χ2v) is 26.6. The third-order valence-electron chi connectivity index (χ3n) is 18.6. The summed E-state index contributed by atoms with van der Waals surface area (Å²) in [6, 6.07) is -5.60. The highest BCUT2D eigenvalue weighted by Gasteiger charge is 2.50. The molecule has 2 aliphatic carbocycles. The Kier molecular flexibility index (Phi) is 26.6. The van der Waals surface area contributed by atoms with E-state index < -0.39 is 162 Å². The lowest BCUT2D eigenvalue weighted by Crippen LogP contribution is -2.64. The smallest absolute Gasteiger partial charge is 0.351 e. The molecule has 1 aromatic rings. The zero-order chi connectivity index (χ0) is 67.3. The van der Waals surface area contributed by atoms with E-state index in [9.17, 15) is 70.3 Å². The van der Waals surface area contributed by atoms with Gasteiger partial charge in [0.1, 0.15) is 47.6 Å². The maximum atomic E-state index is 15.0. The molecule has 2 saturated heterocycles. The van der Waals surface area contributed by atoms with Gasteiger partial charge in [-0.25, -0.2) is 4.39 Å². The van der Waals surface area contributed by atoms with E-state index in [1.54, 1.807) is 27.7 Å². The molecule has 504 valence electrons. The molecule has 1 aromatic carbocycles. The number of hydrogen-bond acceptors (Lipinski definition) is 11. The number of carbonyl (C=O) groups is 11. The summed E-state index contributed by atoms with van der Waals surface area (Å²) >= 11 is 0. The first-order valence-electron chi connectivity index (χ1n) is 32.0. The number of fused-ring (bicyclic) bond motifs is 1. The van der Waals surface area contributed by atoms with Crippen LogP contribution in [0.1, 0.15) is 162 Å². The Bertz CT molecular complexity index is 2760. The van der Waals surface area contributed by atoms with Gasteiger partial charge >= 0.3 is 6.18 Å². The fourth-order valence-corrected chi connectivity index (χ4v) is 13.0. The molecule has 26 heteroatoms. The number of aryl methyl sites for hydroxylation is 1. The molecule has 0 radical (unpaired) electrons. The van der Waals surface area contributed by atoms with Gasteiger partial charge < -0.3 is 55.6 Å². The fourth-order valence-electron chi connectivity index (χ4n) is 13.0. The average molecular weight is 1270 g/mol. The normalized spacial score (nSPS) is 26.3. The third kappa shape index (κ3) is 19.1. The lowest BCUT2D eigenvalue weighted by atomic mass is 9.84. The number of nitrogens with one attached hydrogen (secondary N) is 4. The van der Waals surface area contributed by atoms with Crippen LogP contribution in [0, 0.1) is 29.5 Å². The van der Waals surface area contributed by atoms with Gasteiger partial charge in [-0.15, -0.1) is 0 Å². The van der Waals surface area contributed by atoms with Gasteiger partial charge in [-0.05, 0) is 99.7 Å². The predicted octanol–water partition coefficient (Wildman–Crippen LogP) is 4.65. The first-order valence-corrected chi connectivity index (χ1v) is 32.0. The highest BCUT2D eigenvalue weighted by molar-refractivity contribution is 5.99. The molecule has 90 heavy (non-hydrogen) atoms. The fraction of sp³-hybridized carbons (Fsp3) is 0.734. The number of amides is 11. The molecule has 11 amide bonds. The summed E-state index contributed by atoms with van der Waals surface area (Å²) in [6.45, 7) is 10.8. The van der Waals surface area contributed by atoms with Crippen molar-refractivity contribution in [2.45, 2.75) is 212 Å². The Morgan fingerprint density at radius 3 is 1.84 bits per heavy atom. The van der Waals surface area contributed by atoms with Gasteiger partial charge in [-0.3, -0.25) is 52.7 Å². The van der Waals surface area contributed by atoms with E-state index in [-0.39, 0.29) is 75.3 Å². The Labute approximate surface area is 528 Å². The van der Waals surface area contributed by atoms with Gasteiger partial charge in [0.15, 0.2) is 0 Å². The lowest BCUT2D eigenvalue weighted by Gasteiger charge is -2.39. The van der Waals surface area contributed by atoms with E-state index in [0.717, 1.165) is 52.9 Å². The molecule has 1 spiro atoms. The van der Waals surface area contributed by atoms with Gasteiger partial charge in [0.25, 0.3) is 0 Å². The number of carbonyl (C=O) groups excluding carboxylic acids is 11. The van der Waals surface area contributed by atoms with Crippen molar-refractivity contribution in [3.8, 4) is 0 Å². The number of nitrogens with zero attached hydrogens (tertiary/aromatic N) is 7. The summed E-state index contributed by atoms with van der Waals surface area (Å²) in [4.78, 5) is 167. The van der Waals surface area contributed by atoms with Crippen LogP contribution < -0.4 is 21.3 Å². The second kappa shape index (κ2) is 32.4. The first kappa shape index (κ1) is 73.8. The van der Waals surface area contributed by atoms with Crippen LogP contribution in [0.3, 0.4) is 0 Å². The predicted molar refractivity (Wildman–Crippen MR) is 327 cm³/mol. The minimum atomic E-state index is -4.99. The summed E-state index contributed by atoms with van der Waals surface area (Å²) in [6.07, 6.45) is 1.30. The molecule has 1 unspecified atom stereocenters. The van der Waals surface area contributed by atoms with E-state index in [1.165, 1.54) is 61.9 Å². The number of likely N-dealkylation sites (N-methyl/N-ethyl adjacent to an activating group) is 6. The van der Waals surface area contributed by atoms with Gasteiger partial charge in [0.05, 0.1) is 25.2 Å². The largest absolute Gasteiger partial charge is 0.419 e. The van der Waals surface area contributed by atoms with Crippen molar-refractivity contribution in [2.75, 3.05) is 68.5 Å². The maximum Gasteiger partial charge on any atom is 0.419 e. The van der Waals surface area contributed by atoms with Gasteiger partial charge in [0, 0.05) is 61.3 Å². The van der Waals surface area contributed by atoms with Crippen molar-refractivity contribution < 1.29 is 70.3 Å². The maximum absolute atomic E-state index is 15.0. The molecular weight excluding hydrogens is 1170 g/mol. The third-order valence-corrected chi connectivity index (χ3v) is 18.6. The van der Waals surface area contributed by atoms with Gasteiger partial charge in [0.2, 0.25) is 65.0 Å². The standard InChI is InChI=1S/C64H99F4N11O11/c1-14-40(6)54-61(89)75(10)36-52(82)73(8)37-53(83)77(12)49(34-42-21-16-15-17-22-42)60(88)74(9)35-50(80)70-46(27-25-43-24-26-44(45(65)33-43)64(66,67)68)59(87)79-30-20-23-47(79)57(85)72-63(28-18-19-29-63)62(90)78(13)55(39(4)5)58(86)69-41(7)32-51(81)76(11)48(31-38(2)3)56(84)71-54/h24,26,33,38-42,46-49,54-55H,14-23,25,27-32,34-37H2,1-13H3,(H,69,86)(H,70,80)(H,71,84)(H,72,85)/t40-,41+,46-,47?,48-,49-,54-,55-/m0/s1. The molecule has 5 rings (SSSR count). The van der Waals surface area contributed by atoms with Crippen LogP contribution >= 0.6 is 0 Å². The van der Waals surface area contributed by atoms with Crippen LogP contribution in [0.5, 0.6) is 0 Å². The minimum Gasteiger partial charge on any atom is -0.351 e. The van der Waals surface area contributed by atoms with Crippen molar-refractivity contribution in [3.05, 3.63) is 35.1 Å². The van der Waals surface area contributed by atoms with Crippen LogP contribution in [-0.2, 0) is 65.3 Å². The van der Waals surface area contributed by atoms with Gasteiger partial charge in [-0.2, -0.15) is 13.2 Å². The van der Waals surface area contributed by atoms with E-state index in [1.807, 2.05) is 20.8 Å². The van der Waals surface area contributed by atoms with Crippen LogP contribution in [0.2, 0.25) is 0 Å². The average Bonchev–Trinajstić information content (AvgIpc) is 1.54. The Hall–Kier alpha value is -6.89. The number of hydrogen-bond donors (Lipinski definition) is 4. The zero-order valence-electron chi connectivity index (χ0n) is 55.1. The molecule has 4 N–H and O–H groups in total. The van der Waals surface area contributed by atoms with Crippen LogP contribution in [-0.4, -0.2) is 216 Å². The Morgan fingerprint density at radius 2 is 1.26 bits per heavy atom. The van der Waals surface area contributed by atoms with Gasteiger partial charge in [-0.1, -0.05) is 99.0 Å².